The van der Waals surface area contributed by atoms with Crippen molar-refractivity contribution in [3.8, 4) is 0 Å². The number of nitro benzene ring substituents is 1. The number of non-ortho nitro benzene ring substituents is 1. The van der Waals surface area contributed by atoms with Crippen LogP contribution in [0.3, 0.4) is 0 Å². The van der Waals surface area contributed by atoms with Crippen molar-refractivity contribution in [2.75, 3.05) is 27.3 Å². The molecule has 1 heterocycles. The monoisotopic (exact) mass is 421 g/mol. The first-order valence-corrected chi connectivity index (χ1v) is 8.96. The first kappa shape index (κ1) is 22.7. The Balaban J connectivity index is 2.48. The van der Waals surface area contributed by atoms with E-state index in [2.05, 4.69) is 15.4 Å². The fourth-order valence-electron chi connectivity index (χ4n) is 2.84. The SMILES string of the molecule is CNCCOC(=O)OC1=C(C)NC(C)=C(OC(=O)OC)C1c1cccc([N+](=O)[O-])c1. The van der Waals surface area contributed by atoms with Crippen molar-refractivity contribution in [2.45, 2.75) is 19.8 Å². The van der Waals surface area contributed by atoms with Gasteiger partial charge in [-0.1, -0.05) is 12.1 Å². The van der Waals surface area contributed by atoms with Crippen molar-refractivity contribution in [1.82, 2.24) is 10.6 Å². The maximum absolute atomic E-state index is 12.2. The van der Waals surface area contributed by atoms with Crippen LogP contribution in [0.5, 0.6) is 0 Å². The molecule has 162 valence electrons. The van der Waals surface area contributed by atoms with Crippen molar-refractivity contribution in [2.24, 2.45) is 0 Å². The van der Waals surface area contributed by atoms with E-state index in [4.69, 9.17) is 14.2 Å². The average Bonchev–Trinajstić information content (AvgIpc) is 2.71. The molecule has 1 aliphatic heterocycles. The highest BCUT2D eigenvalue weighted by atomic mass is 16.7. The molecule has 0 aliphatic carbocycles. The largest absolute Gasteiger partial charge is 0.513 e. The molecule has 11 heteroatoms. The van der Waals surface area contributed by atoms with Crippen molar-refractivity contribution in [3.05, 3.63) is 62.9 Å². The van der Waals surface area contributed by atoms with Crippen LogP contribution in [0.1, 0.15) is 25.3 Å². The fraction of sp³-hybridized carbons (Fsp3) is 0.368. The second-order valence-electron chi connectivity index (χ2n) is 6.25. The van der Waals surface area contributed by atoms with Gasteiger partial charge in [-0.15, -0.1) is 0 Å². The van der Waals surface area contributed by atoms with Gasteiger partial charge >= 0.3 is 12.3 Å². The summed E-state index contributed by atoms with van der Waals surface area (Å²) < 4.78 is 20.3. The summed E-state index contributed by atoms with van der Waals surface area (Å²) in [5.41, 5.74) is 1.10. The molecule has 0 amide bonds. The molecule has 0 radical (unpaired) electrons. The molecular formula is C19H23N3O8. The lowest BCUT2D eigenvalue weighted by Crippen LogP contribution is -2.29. The summed E-state index contributed by atoms with van der Waals surface area (Å²) in [5, 5.41) is 17.0. The summed E-state index contributed by atoms with van der Waals surface area (Å²) >= 11 is 0. The van der Waals surface area contributed by atoms with E-state index >= 15 is 0 Å². The summed E-state index contributed by atoms with van der Waals surface area (Å²) in [6.45, 7) is 3.81. The Labute approximate surface area is 172 Å². The second-order valence-corrected chi connectivity index (χ2v) is 6.25. The molecule has 0 spiro atoms. The first-order chi connectivity index (χ1) is 14.3. The number of nitrogens with zero attached hydrogens (tertiary/aromatic N) is 1. The molecule has 0 fully saturated rings. The van der Waals surface area contributed by atoms with Gasteiger partial charge in [-0.05, 0) is 26.5 Å². The maximum atomic E-state index is 12.2. The van der Waals surface area contributed by atoms with Crippen molar-refractivity contribution >= 4 is 18.0 Å². The number of ether oxygens (including phenoxy) is 4. The lowest BCUT2D eigenvalue weighted by atomic mass is 9.90. The van der Waals surface area contributed by atoms with E-state index in [1.165, 1.54) is 18.2 Å². The fourth-order valence-corrected chi connectivity index (χ4v) is 2.84. The zero-order valence-electron chi connectivity index (χ0n) is 17.0. The number of dihydropyridines is 1. The third-order valence-electron chi connectivity index (χ3n) is 4.18. The van der Waals surface area contributed by atoms with E-state index in [1.54, 1.807) is 27.0 Å². The molecule has 0 saturated heterocycles. The molecule has 1 aliphatic rings. The quantitative estimate of drug-likeness (QED) is 0.292. The molecule has 1 aromatic rings. The molecule has 0 bridgehead atoms. The minimum atomic E-state index is -0.989. The number of benzene rings is 1. The highest BCUT2D eigenvalue weighted by Crippen LogP contribution is 2.40. The summed E-state index contributed by atoms with van der Waals surface area (Å²) in [5.74, 6) is -0.775. The summed E-state index contributed by atoms with van der Waals surface area (Å²) in [6, 6.07) is 5.72. The van der Waals surface area contributed by atoms with Crippen molar-refractivity contribution in [1.29, 1.82) is 0 Å². The molecule has 1 atom stereocenters. The lowest BCUT2D eigenvalue weighted by molar-refractivity contribution is -0.384. The van der Waals surface area contributed by atoms with Crippen LogP contribution in [0.25, 0.3) is 0 Å². The lowest BCUT2D eigenvalue weighted by Gasteiger charge is -2.30. The molecule has 1 unspecified atom stereocenters. The van der Waals surface area contributed by atoms with Gasteiger partial charge in [0.1, 0.15) is 24.0 Å². The minimum Gasteiger partial charge on any atom is -0.437 e. The summed E-state index contributed by atoms with van der Waals surface area (Å²) in [7, 11) is 2.85. The zero-order valence-corrected chi connectivity index (χ0v) is 17.0. The van der Waals surface area contributed by atoms with Gasteiger partial charge in [0.2, 0.25) is 0 Å². The Morgan fingerprint density at radius 2 is 1.80 bits per heavy atom. The van der Waals surface area contributed by atoms with Gasteiger partial charge in [0, 0.05) is 18.7 Å². The standard InChI is InChI=1S/C19H23N3O8/c1-11-16(29-18(23)27-4)15(13-6-5-7-14(10-13)22(25)26)17(12(2)21-11)30-19(24)28-9-8-20-3/h5-7,10,15,20-21H,8-9H2,1-4H3. The van der Waals surface area contributed by atoms with Gasteiger partial charge in [0.05, 0.1) is 23.4 Å². The molecule has 30 heavy (non-hydrogen) atoms. The third-order valence-corrected chi connectivity index (χ3v) is 4.18. The van der Waals surface area contributed by atoms with E-state index in [-0.39, 0.29) is 23.8 Å². The Bertz CT molecular complexity index is 894. The number of hydrogen-bond acceptors (Lipinski definition) is 10. The predicted molar refractivity (Wildman–Crippen MR) is 104 cm³/mol. The number of likely N-dealkylation sites (N-methyl/N-ethyl adjacent to an activating group) is 1. The number of nitro groups is 1. The molecular weight excluding hydrogens is 398 g/mol. The smallest absolute Gasteiger partial charge is 0.437 e. The minimum absolute atomic E-state index is 0.0750. The van der Waals surface area contributed by atoms with Gasteiger partial charge in [-0.2, -0.15) is 0 Å². The van der Waals surface area contributed by atoms with Crippen molar-refractivity contribution < 1.29 is 33.5 Å². The molecule has 11 nitrogen and oxygen atoms in total. The van der Waals surface area contributed by atoms with Crippen LogP contribution in [-0.4, -0.2) is 44.5 Å². The van der Waals surface area contributed by atoms with E-state index in [0.717, 1.165) is 7.11 Å². The van der Waals surface area contributed by atoms with Gasteiger partial charge < -0.3 is 29.6 Å². The number of nitrogens with one attached hydrogen (secondary N) is 2. The Morgan fingerprint density at radius 3 is 2.37 bits per heavy atom. The highest BCUT2D eigenvalue weighted by Gasteiger charge is 2.36. The normalized spacial score (nSPS) is 15.9. The number of carbonyl (C=O) groups is 2. The van der Waals surface area contributed by atoms with Crippen LogP contribution >= 0.6 is 0 Å². The first-order valence-electron chi connectivity index (χ1n) is 8.96. The third kappa shape index (κ3) is 5.47. The molecule has 0 saturated carbocycles. The average molecular weight is 421 g/mol. The maximum Gasteiger partial charge on any atom is 0.513 e. The molecule has 2 N–H and O–H groups in total. The van der Waals surface area contributed by atoms with Crippen LogP contribution in [0, 0.1) is 10.1 Å². The topological polar surface area (TPSA) is 138 Å². The number of rotatable bonds is 7. The van der Waals surface area contributed by atoms with Gasteiger partial charge in [0.15, 0.2) is 0 Å². The van der Waals surface area contributed by atoms with E-state index in [9.17, 15) is 19.7 Å². The summed E-state index contributed by atoms with van der Waals surface area (Å²) in [4.78, 5) is 34.6. The van der Waals surface area contributed by atoms with Crippen LogP contribution in [0.4, 0.5) is 15.3 Å². The van der Waals surface area contributed by atoms with Crippen LogP contribution in [0.15, 0.2) is 47.2 Å². The Morgan fingerprint density at radius 1 is 1.17 bits per heavy atom. The Hall–Kier alpha value is -3.60. The van der Waals surface area contributed by atoms with Gasteiger partial charge in [0.25, 0.3) is 5.69 Å². The number of hydrogen-bond donors (Lipinski definition) is 2. The second kappa shape index (κ2) is 10.3. The predicted octanol–water partition coefficient (Wildman–Crippen LogP) is 2.90. The Kier molecular flexibility index (Phi) is 7.76. The van der Waals surface area contributed by atoms with Gasteiger partial charge in [-0.25, -0.2) is 9.59 Å². The van der Waals surface area contributed by atoms with Crippen molar-refractivity contribution in [3.63, 3.8) is 0 Å². The van der Waals surface area contributed by atoms with Crippen LogP contribution in [-0.2, 0) is 18.9 Å². The van der Waals surface area contributed by atoms with Crippen LogP contribution < -0.4 is 10.6 Å². The molecule has 1 aromatic carbocycles. The highest BCUT2D eigenvalue weighted by molar-refractivity contribution is 5.65. The van der Waals surface area contributed by atoms with E-state index in [0.29, 0.717) is 23.5 Å². The number of allylic oxidation sites excluding steroid dienone is 2. The zero-order chi connectivity index (χ0) is 22.3. The molecule has 0 aromatic heterocycles. The molecule has 2 rings (SSSR count). The van der Waals surface area contributed by atoms with Gasteiger partial charge in [-0.3, -0.25) is 10.1 Å². The van der Waals surface area contributed by atoms with E-state index in [1.807, 2.05) is 0 Å². The van der Waals surface area contributed by atoms with Crippen LogP contribution in [0.2, 0.25) is 0 Å². The summed E-state index contributed by atoms with van der Waals surface area (Å²) in [6.07, 6.45) is -1.95. The number of methoxy groups -OCH3 is 1. The van der Waals surface area contributed by atoms with E-state index < -0.39 is 23.2 Å². The number of carbonyl (C=O) groups excluding carboxylic acids is 2.